The van der Waals surface area contributed by atoms with Crippen LogP contribution in [0.15, 0.2) is 18.2 Å². The summed E-state index contributed by atoms with van der Waals surface area (Å²) in [4.78, 5) is 2.32. The fraction of sp³-hybridized carbons (Fsp3) is 0.571. The first-order valence-corrected chi connectivity index (χ1v) is 6.79. The number of anilines is 1. The molecule has 0 saturated heterocycles. The summed E-state index contributed by atoms with van der Waals surface area (Å²) < 4.78 is 0. The van der Waals surface area contributed by atoms with Gasteiger partial charge in [-0.1, -0.05) is 24.6 Å². The number of rotatable bonds is 6. The zero-order valence-electron chi connectivity index (χ0n) is 11.0. The molecule has 0 radical (unpaired) electrons. The first kappa shape index (κ1) is 14.3. The number of benzene rings is 1. The maximum Gasteiger partial charge on any atom is 0.0459 e. The second-order valence-corrected chi connectivity index (χ2v) is 4.69. The molecule has 0 spiro atoms. The molecule has 0 fully saturated rings. The lowest BCUT2D eigenvalue weighted by molar-refractivity contribution is 0.644. The maximum atomic E-state index is 6.31. The maximum absolute atomic E-state index is 6.31. The first-order chi connectivity index (χ1) is 8.13. The Morgan fingerprint density at radius 2 is 1.88 bits per heavy atom. The predicted octanol–water partition coefficient (Wildman–Crippen LogP) is 3.47. The van der Waals surface area contributed by atoms with Crippen LogP contribution in [0.5, 0.6) is 0 Å². The quantitative estimate of drug-likeness (QED) is 0.842. The number of hydrogen-bond donors (Lipinski definition) is 1. The Bertz CT molecular complexity index is 348. The summed E-state index contributed by atoms with van der Waals surface area (Å²) in [5.41, 5.74) is 8.46. The summed E-state index contributed by atoms with van der Waals surface area (Å²) in [5.74, 6) is 0. The summed E-state index contributed by atoms with van der Waals surface area (Å²) >= 11 is 6.31. The van der Waals surface area contributed by atoms with Gasteiger partial charge in [-0.3, -0.25) is 0 Å². The second kappa shape index (κ2) is 6.87. The van der Waals surface area contributed by atoms with Gasteiger partial charge in [0, 0.05) is 29.8 Å². The summed E-state index contributed by atoms with van der Waals surface area (Å²) in [6, 6.07) is 6.28. The standard InChI is InChI=1S/C14H23ClN2/c1-4-11(16)10-12-13(15)8-7-9-14(12)17(5-2)6-3/h7-9,11H,4-6,10,16H2,1-3H3. The lowest BCUT2D eigenvalue weighted by Crippen LogP contribution is -2.26. The van der Waals surface area contributed by atoms with Gasteiger partial charge in [0.05, 0.1) is 0 Å². The van der Waals surface area contributed by atoms with Gasteiger partial charge in [0.1, 0.15) is 0 Å². The number of nitrogens with zero attached hydrogens (tertiary/aromatic N) is 1. The Labute approximate surface area is 110 Å². The van der Waals surface area contributed by atoms with Crippen LogP contribution in [0.4, 0.5) is 5.69 Å². The number of nitrogens with two attached hydrogens (primary N) is 1. The zero-order chi connectivity index (χ0) is 12.8. The van der Waals surface area contributed by atoms with Crippen LogP contribution in [-0.4, -0.2) is 19.1 Å². The van der Waals surface area contributed by atoms with Gasteiger partial charge in [-0.15, -0.1) is 0 Å². The Balaban J connectivity index is 3.07. The van der Waals surface area contributed by atoms with Crippen molar-refractivity contribution >= 4 is 17.3 Å². The fourth-order valence-electron chi connectivity index (χ4n) is 2.02. The SMILES string of the molecule is CCC(N)Cc1c(Cl)cccc1N(CC)CC. The van der Waals surface area contributed by atoms with Gasteiger partial charge in [0.25, 0.3) is 0 Å². The van der Waals surface area contributed by atoms with Crippen LogP contribution in [0, 0.1) is 0 Å². The van der Waals surface area contributed by atoms with Crippen LogP contribution >= 0.6 is 11.6 Å². The smallest absolute Gasteiger partial charge is 0.0459 e. The molecule has 0 bridgehead atoms. The van der Waals surface area contributed by atoms with E-state index in [-0.39, 0.29) is 6.04 Å². The van der Waals surface area contributed by atoms with E-state index in [2.05, 4.69) is 31.7 Å². The molecule has 96 valence electrons. The van der Waals surface area contributed by atoms with Gasteiger partial charge in [-0.25, -0.2) is 0 Å². The third-order valence-electron chi connectivity index (χ3n) is 3.19. The molecule has 0 aliphatic heterocycles. The van der Waals surface area contributed by atoms with Crippen molar-refractivity contribution in [3.05, 3.63) is 28.8 Å². The van der Waals surface area contributed by atoms with Crippen molar-refractivity contribution < 1.29 is 0 Å². The highest BCUT2D eigenvalue weighted by Crippen LogP contribution is 2.28. The zero-order valence-corrected chi connectivity index (χ0v) is 11.8. The van der Waals surface area contributed by atoms with Gasteiger partial charge < -0.3 is 10.6 Å². The molecule has 2 N–H and O–H groups in total. The Morgan fingerprint density at radius 1 is 1.24 bits per heavy atom. The van der Waals surface area contributed by atoms with Crippen molar-refractivity contribution in [1.29, 1.82) is 0 Å². The summed E-state index contributed by atoms with van der Waals surface area (Å²) in [6.07, 6.45) is 1.82. The number of halogens is 1. The normalized spacial score (nSPS) is 12.5. The van der Waals surface area contributed by atoms with E-state index in [0.29, 0.717) is 0 Å². The molecule has 1 aromatic rings. The molecule has 1 rings (SSSR count). The first-order valence-electron chi connectivity index (χ1n) is 6.41. The Morgan fingerprint density at radius 3 is 2.41 bits per heavy atom. The van der Waals surface area contributed by atoms with Gasteiger partial charge >= 0.3 is 0 Å². The van der Waals surface area contributed by atoms with Crippen molar-refractivity contribution in [2.24, 2.45) is 5.73 Å². The molecular formula is C14H23ClN2. The average Bonchev–Trinajstić information content (AvgIpc) is 2.34. The summed E-state index contributed by atoms with van der Waals surface area (Å²) in [7, 11) is 0. The Kier molecular flexibility index (Phi) is 5.79. The minimum atomic E-state index is 0.184. The largest absolute Gasteiger partial charge is 0.372 e. The van der Waals surface area contributed by atoms with Crippen LogP contribution in [0.25, 0.3) is 0 Å². The molecule has 0 aliphatic rings. The van der Waals surface area contributed by atoms with E-state index < -0.39 is 0 Å². The van der Waals surface area contributed by atoms with Crippen molar-refractivity contribution in [2.75, 3.05) is 18.0 Å². The van der Waals surface area contributed by atoms with Crippen LogP contribution < -0.4 is 10.6 Å². The lowest BCUT2D eigenvalue weighted by Gasteiger charge is -2.25. The van der Waals surface area contributed by atoms with Crippen molar-refractivity contribution in [1.82, 2.24) is 0 Å². The highest BCUT2D eigenvalue weighted by atomic mass is 35.5. The van der Waals surface area contributed by atoms with E-state index in [1.165, 1.54) is 11.3 Å². The van der Waals surface area contributed by atoms with Crippen LogP contribution in [0.3, 0.4) is 0 Å². The van der Waals surface area contributed by atoms with Crippen molar-refractivity contribution in [2.45, 2.75) is 39.7 Å². The minimum absolute atomic E-state index is 0.184. The van der Waals surface area contributed by atoms with Crippen molar-refractivity contribution in [3.8, 4) is 0 Å². The molecule has 0 saturated carbocycles. The van der Waals surface area contributed by atoms with E-state index in [9.17, 15) is 0 Å². The molecule has 0 amide bonds. The van der Waals surface area contributed by atoms with Gasteiger partial charge in [0.15, 0.2) is 0 Å². The van der Waals surface area contributed by atoms with Crippen LogP contribution in [0.2, 0.25) is 5.02 Å². The molecular weight excluding hydrogens is 232 g/mol. The molecule has 2 nitrogen and oxygen atoms in total. The highest BCUT2D eigenvalue weighted by Gasteiger charge is 2.13. The van der Waals surface area contributed by atoms with E-state index in [1.54, 1.807) is 0 Å². The molecule has 1 aromatic carbocycles. The molecule has 0 aliphatic carbocycles. The molecule has 1 unspecified atom stereocenters. The highest BCUT2D eigenvalue weighted by molar-refractivity contribution is 6.31. The van der Waals surface area contributed by atoms with Crippen molar-refractivity contribution in [3.63, 3.8) is 0 Å². The van der Waals surface area contributed by atoms with Gasteiger partial charge in [0.2, 0.25) is 0 Å². The minimum Gasteiger partial charge on any atom is -0.372 e. The number of hydrogen-bond acceptors (Lipinski definition) is 2. The van der Waals surface area contributed by atoms with Crippen LogP contribution in [-0.2, 0) is 6.42 Å². The van der Waals surface area contributed by atoms with E-state index in [1.807, 2.05) is 12.1 Å². The predicted molar refractivity (Wildman–Crippen MR) is 77.0 cm³/mol. The summed E-state index contributed by atoms with van der Waals surface area (Å²) in [6.45, 7) is 8.41. The summed E-state index contributed by atoms with van der Waals surface area (Å²) in [5, 5.41) is 0.832. The van der Waals surface area contributed by atoms with Crippen LogP contribution in [0.1, 0.15) is 32.8 Å². The topological polar surface area (TPSA) is 29.3 Å². The van der Waals surface area contributed by atoms with Gasteiger partial charge in [-0.2, -0.15) is 0 Å². The molecule has 17 heavy (non-hydrogen) atoms. The Hall–Kier alpha value is -0.730. The molecule has 0 heterocycles. The lowest BCUT2D eigenvalue weighted by atomic mass is 10.0. The fourth-order valence-corrected chi connectivity index (χ4v) is 2.26. The average molecular weight is 255 g/mol. The second-order valence-electron chi connectivity index (χ2n) is 4.28. The monoisotopic (exact) mass is 254 g/mol. The molecule has 0 aromatic heterocycles. The van der Waals surface area contributed by atoms with E-state index >= 15 is 0 Å². The van der Waals surface area contributed by atoms with Gasteiger partial charge in [-0.05, 0) is 44.4 Å². The molecule has 1 atom stereocenters. The third kappa shape index (κ3) is 3.62. The van der Waals surface area contributed by atoms with E-state index in [0.717, 1.165) is 31.0 Å². The van der Waals surface area contributed by atoms with E-state index in [4.69, 9.17) is 17.3 Å². The molecule has 3 heteroatoms. The third-order valence-corrected chi connectivity index (χ3v) is 3.54.